The summed E-state index contributed by atoms with van der Waals surface area (Å²) in [5.41, 5.74) is -0.839. The Hall–Kier alpha value is -1.78. The summed E-state index contributed by atoms with van der Waals surface area (Å²) in [6.07, 6.45) is -2.36. The highest BCUT2D eigenvalue weighted by Gasteiger charge is 2.32. The monoisotopic (exact) mass is 244 g/mol. The number of halogens is 3. The summed E-state index contributed by atoms with van der Waals surface area (Å²) in [6, 6.07) is 5.02. The molecule has 2 nitrogen and oxygen atoms in total. The molecule has 1 aromatic carbocycles. The van der Waals surface area contributed by atoms with Gasteiger partial charge in [0.25, 0.3) is 0 Å². The average molecular weight is 244 g/mol. The number of carbonyl (C=O) groups excluding carboxylic acids is 1. The Morgan fingerprint density at radius 2 is 2.00 bits per heavy atom. The maximum atomic E-state index is 12.6. The second-order valence-corrected chi connectivity index (χ2v) is 3.17. The topological polar surface area (TPSA) is 26.3 Å². The lowest BCUT2D eigenvalue weighted by Gasteiger charge is -2.09. The molecule has 0 aromatic heterocycles. The summed E-state index contributed by atoms with van der Waals surface area (Å²) >= 11 is 0. The molecule has 92 valence electrons. The number of ether oxygens (including phenoxy) is 1. The summed E-state index contributed by atoms with van der Waals surface area (Å²) in [7, 11) is 0. The van der Waals surface area contributed by atoms with E-state index in [-0.39, 0.29) is 12.2 Å². The van der Waals surface area contributed by atoms with Crippen LogP contribution in [0.5, 0.6) is 0 Å². The van der Waals surface area contributed by atoms with Crippen molar-refractivity contribution in [1.29, 1.82) is 0 Å². The maximum absolute atomic E-state index is 12.6. The van der Waals surface area contributed by atoms with E-state index >= 15 is 0 Å². The van der Waals surface area contributed by atoms with E-state index in [1.54, 1.807) is 6.92 Å². The van der Waals surface area contributed by atoms with Gasteiger partial charge in [0.2, 0.25) is 0 Å². The van der Waals surface area contributed by atoms with E-state index in [0.717, 1.165) is 18.2 Å². The molecule has 0 bridgehead atoms. The number of rotatable bonds is 3. The second kappa shape index (κ2) is 5.52. The van der Waals surface area contributed by atoms with Crippen molar-refractivity contribution >= 4 is 12.0 Å². The second-order valence-electron chi connectivity index (χ2n) is 3.17. The highest BCUT2D eigenvalue weighted by atomic mass is 19.4. The van der Waals surface area contributed by atoms with Crippen molar-refractivity contribution in [3.63, 3.8) is 0 Å². The largest absolute Gasteiger partial charge is 0.463 e. The van der Waals surface area contributed by atoms with Gasteiger partial charge in [-0.2, -0.15) is 13.2 Å². The Balaban J connectivity index is 2.95. The van der Waals surface area contributed by atoms with Crippen molar-refractivity contribution in [3.05, 3.63) is 41.5 Å². The predicted molar refractivity (Wildman–Crippen MR) is 57.1 cm³/mol. The summed E-state index contributed by atoms with van der Waals surface area (Å²) in [5.74, 6) is -0.663. The quantitative estimate of drug-likeness (QED) is 0.602. The van der Waals surface area contributed by atoms with Crippen molar-refractivity contribution in [1.82, 2.24) is 0 Å². The standard InChI is InChI=1S/C12H11F3O2/c1-2-17-11(16)8-7-9-5-3-4-6-10(9)12(13,14)15/h3-8H,2H2,1H3/b8-7-. The van der Waals surface area contributed by atoms with Gasteiger partial charge < -0.3 is 4.74 Å². The molecule has 1 aromatic rings. The zero-order chi connectivity index (χ0) is 12.9. The summed E-state index contributed by atoms with van der Waals surface area (Å²) in [5, 5.41) is 0. The molecule has 0 spiro atoms. The number of esters is 1. The van der Waals surface area contributed by atoms with E-state index in [1.165, 1.54) is 18.2 Å². The lowest BCUT2D eigenvalue weighted by Crippen LogP contribution is -2.07. The molecule has 0 N–H and O–H groups in total. The van der Waals surface area contributed by atoms with Crippen LogP contribution in [0, 0.1) is 0 Å². The molecule has 0 aliphatic carbocycles. The first-order valence-electron chi connectivity index (χ1n) is 4.96. The lowest BCUT2D eigenvalue weighted by atomic mass is 10.1. The minimum atomic E-state index is -4.43. The fourth-order valence-electron chi connectivity index (χ4n) is 1.25. The summed E-state index contributed by atoms with van der Waals surface area (Å²) < 4.78 is 42.3. The molecule has 0 aliphatic heterocycles. The smallest absolute Gasteiger partial charge is 0.416 e. The minimum absolute atomic E-state index is 0.0620. The van der Waals surface area contributed by atoms with Crippen LogP contribution >= 0.6 is 0 Å². The van der Waals surface area contributed by atoms with Gasteiger partial charge in [-0.1, -0.05) is 18.2 Å². The van der Waals surface area contributed by atoms with Crippen LogP contribution in [0.1, 0.15) is 18.1 Å². The third-order valence-corrected chi connectivity index (χ3v) is 1.95. The van der Waals surface area contributed by atoms with Crippen molar-refractivity contribution in [3.8, 4) is 0 Å². The van der Waals surface area contributed by atoms with Crippen LogP contribution in [0.3, 0.4) is 0 Å². The first kappa shape index (κ1) is 13.3. The Morgan fingerprint density at radius 1 is 1.35 bits per heavy atom. The highest BCUT2D eigenvalue weighted by Crippen LogP contribution is 2.32. The molecule has 0 aliphatic rings. The average Bonchev–Trinajstić information content (AvgIpc) is 2.26. The maximum Gasteiger partial charge on any atom is 0.416 e. The molecule has 5 heteroatoms. The molecule has 0 atom stereocenters. The Kier molecular flexibility index (Phi) is 4.31. The number of benzene rings is 1. The van der Waals surface area contributed by atoms with E-state index < -0.39 is 17.7 Å². The van der Waals surface area contributed by atoms with E-state index in [4.69, 9.17) is 0 Å². The van der Waals surface area contributed by atoms with Gasteiger partial charge in [-0.3, -0.25) is 0 Å². The van der Waals surface area contributed by atoms with Gasteiger partial charge in [0, 0.05) is 6.08 Å². The van der Waals surface area contributed by atoms with Crippen LogP contribution in [0.25, 0.3) is 6.08 Å². The van der Waals surface area contributed by atoms with Gasteiger partial charge in [-0.15, -0.1) is 0 Å². The third kappa shape index (κ3) is 3.94. The van der Waals surface area contributed by atoms with Crippen LogP contribution in [0.15, 0.2) is 30.3 Å². The van der Waals surface area contributed by atoms with Crippen molar-refractivity contribution in [2.75, 3.05) is 6.61 Å². The Labute approximate surface area is 96.7 Å². The molecule has 0 radical (unpaired) electrons. The molecular formula is C12H11F3O2. The molecule has 1 rings (SSSR count). The highest BCUT2D eigenvalue weighted by molar-refractivity contribution is 5.87. The molecule has 0 fully saturated rings. The summed E-state index contributed by atoms with van der Waals surface area (Å²) in [6.45, 7) is 1.81. The first-order valence-corrected chi connectivity index (χ1v) is 4.96. The lowest BCUT2D eigenvalue weighted by molar-refractivity contribution is -0.138. The van der Waals surface area contributed by atoms with E-state index in [0.29, 0.717) is 0 Å². The zero-order valence-electron chi connectivity index (χ0n) is 9.12. The number of hydrogen-bond acceptors (Lipinski definition) is 2. The Bertz CT molecular complexity index is 422. The molecular weight excluding hydrogens is 233 g/mol. The molecule has 0 heterocycles. The van der Waals surface area contributed by atoms with Crippen molar-refractivity contribution in [2.45, 2.75) is 13.1 Å². The van der Waals surface area contributed by atoms with E-state index in [9.17, 15) is 18.0 Å². The van der Waals surface area contributed by atoms with Gasteiger partial charge in [-0.05, 0) is 24.6 Å². The van der Waals surface area contributed by atoms with Crippen LogP contribution in [0.2, 0.25) is 0 Å². The van der Waals surface area contributed by atoms with E-state index in [1.807, 2.05) is 0 Å². The molecule has 17 heavy (non-hydrogen) atoms. The van der Waals surface area contributed by atoms with E-state index in [2.05, 4.69) is 4.74 Å². The number of alkyl halides is 3. The number of hydrogen-bond donors (Lipinski definition) is 0. The molecule has 0 saturated heterocycles. The number of carbonyl (C=O) groups is 1. The molecule has 0 unspecified atom stereocenters. The third-order valence-electron chi connectivity index (χ3n) is 1.95. The van der Waals surface area contributed by atoms with Gasteiger partial charge in [-0.25, -0.2) is 4.79 Å². The fourth-order valence-corrected chi connectivity index (χ4v) is 1.25. The van der Waals surface area contributed by atoms with Gasteiger partial charge in [0.15, 0.2) is 0 Å². The van der Waals surface area contributed by atoms with Gasteiger partial charge in [0.05, 0.1) is 12.2 Å². The predicted octanol–water partition coefficient (Wildman–Crippen LogP) is 3.28. The minimum Gasteiger partial charge on any atom is -0.463 e. The van der Waals surface area contributed by atoms with Crippen LogP contribution in [-0.4, -0.2) is 12.6 Å². The fraction of sp³-hybridized carbons (Fsp3) is 0.250. The molecule has 0 saturated carbocycles. The van der Waals surface area contributed by atoms with Crippen LogP contribution in [0.4, 0.5) is 13.2 Å². The first-order chi connectivity index (χ1) is 7.95. The Morgan fingerprint density at radius 3 is 2.59 bits per heavy atom. The molecule has 0 amide bonds. The normalized spacial score (nSPS) is 11.8. The van der Waals surface area contributed by atoms with Crippen molar-refractivity contribution in [2.24, 2.45) is 0 Å². The van der Waals surface area contributed by atoms with Crippen LogP contribution in [-0.2, 0) is 15.7 Å². The van der Waals surface area contributed by atoms with Gasteiger partial charge in [0.1, 0.15) is 0 Å². The van der Waals surface area contributed by atoms with Gasteiger partial charge >= 0.3 is 12.1 Å². The zero-order valence-corrected chi connectivity index (χ0v) is 9.12. The summed E-state index contributed by atoms with van der Waals surface area (Å²) in [4.78, 5) is 11.0. The SMILES string of the molecule is CCOC(=O)/C=C\c1ccccc1C(F)(F)F. The van der Waals surface area contributed by atoms with Crippen molar-refractivity contribution < 1.29 is 22.7 Å². The van der Waals surface area contributed by atoms with Crippen LogP contribution < -0.4 is 0 Å².